The first-order valence-corrected chi connectivity index (χ1v) is 10.8. The van der Waals surface area contributed by atoms with E-state index in [1.54, 1.807) is 32.4 Å². The Kier molecular flexibility index (Phi) is 6.27. The van der Waals surface area contributed by atoms with Crippen molar-refractivity contribution in [1.29, 1.82) is 0 Å². The van der Waals surface area contributed by atoms with E-state index in [0.29, 0.717) is 28.6 Å². The molecule has 0 fully saturated rings. The van der Waals surface area contributed by atoms with E-state index >= 15 is 0 Å². The first kappa shape index (κ1) is 21.6. The quantitative estimate of drug-likeness (QED) is 0.525. The Labute approximate surface area is 189 Å². The van der Waals surface area contributed by atoms with Crippen molar-refractivity contribution in [2.75, 3.05) is 25.7 Å². The number of esters is 1. The van der Waals surface area contributed by atoms with Crippen molar-refractivity contribution in [2.24, 2.45) is 0 Å². The second-order valence-electron chi connectivity index (χ2n) is 7.03. The van der Waals surface area contributed by atoms with Crippen molar-refractivity contribution >= 4 is 28.9 Å². The summed E-state index contributed by atoms with van der Waals surface area (Å²) in [4.78, 5) is 30.7. The molecule has 0 spiro atoms. The van der Waals surface area contributed by atoms with Crippen LogP contribution in [0.5, 0.6) is 17.2 Å². The van der Waals surface area contributed by atoms with E-state index in [0.717, 1.165) is 10.6 Å². The van der Waals surface area contributed by atoms with Crippen molar-refractivity contribution in [2.45, 2.75) is 19.6 Å². The molecule has 1 aliphatic rings. The Hall–Kier alpha value is -3.59. The number of methoxy groups -OCH3 is 2. The molecule has 0 bridgehead atoms. The van der Waals surface area contributed by atoms with Crippen LogP contribution in [-0.2, 0) is 20.9 Å². The predicted octanol–water partition coefficient (Wildman–Crippen LogP) is 3.68. The number of benzene rings is 2. The average molecular weight is 455 g/mol. The van der Waals surface area contributed by atoms with E-state index in [4.69, 9.17) is 18.9 Å². The van der Waals surface area contributed by atoms with Gasteiger partial charge in [-0.2, -0.15) is 0 Å². The zero-order valence-corrected chi connectivity index (χ0v) is 18.7. The molecule has 8 nitrogen and oxygen atoms in total. The number of carbonyl (C=O) groups excluding carboxylic acids is 2. The molecular weight excluding hydrogens is 432 g/mol. The topological polar surface area (TPSA) is 87.2 Å². The largest absolute Gasteiger partial charge is 0.493 e. The van der Waals surface area contributed by atoms with Crippen LogP contribution in [0.25, 0.3) is 10.6 Å². The van der Waals surface area contributed by atoms with E-state index in [1.807, 2.05) is 29.6 Å². The lowest BCUT2D eigenvalue weighted by Gasteiger charge is -2.33. The van der Waals surface area contributed by atoms with Crippen LogP contribution in [0.2, 0.25) is 0 Å². The summed E-state index contributed by atoms with van der Waals surface area (Å²) in [6.07, 6.45) is -0.905. The minimum atomic E-state index is -0.905. The van der Waals surface area contributed by atoms with Gasteiger partial charge in [-0.25, -0.2) is 9.78 Å². The number of hydrogen-bond donors (Lipinski definition) is 0. The van der Waals surface area contributed by atoms with Gasteiger partial charge in [0, 0.05) is 17.9 Å². The molecule has 1 aromatic heterocycles. The lowest BCUT2D eigenvalue weighted by Crippen LogP contribution is -2.47. The van der Waals surface area contributed by atoms with Gasteiger partial charge in [-0.1, -0.05) is 12.1 Å². The normalized spacial score (nSPS) is 14.8. The van der Waals surface area contributed by atoms with Crippen LogP contribution in [0.15, 0.2) is 47.8 Å². The number of ether oxygens (including phenoxy) is 4. The Balaban J connectivity index is 1.42. The van der Waals surface area contributed by atoms with E-state index in [9.17, 15) is 9.59 Å². The number of aromatic nitrogens is 1. The highest BCUT2D eigenvalue weighted by atomic mass is 32.1. The second kappa shape index (κ2) is 9.27. The summed E-state index contributed by atoms with van der Waals surface area (Å²) in [7, 11) is 3.16. The predicted molar refractivity (Wildman–Crippen MR) is 119 cm³/mol. The van der Waals surface area contributed by atoms with E-state index in [2.05, 4.69) is 4.98 Å². The van der Waals surface area contributed by atoms with Gasteiger partial charge in [-0.3, -0.25) is 4.79 Å². The van der Waals surface area contributed by atoms with Crippen LogP contribution in [0.3, 0.4) is 0 Å². The Morgan fingerprint density at radius 2 is 1.94 bits per heavy atom. The van der Waals surface area contributed by atoms with Crippen LogP contribution >= 0.6 is 11.3 Å². The standard InChI is InChI=1S/C23H22N2O6S/c1-14(26)25-11-21(31-18-7-5-4-6-17(18)25)23(27)30-12-16-13-32-22(24-16)15-8-9-19(28-2)20(10-15)29-3/h4-10,13,21H,11-12H2,1-3H3. The molecule has 1 atom stereocenters. The lowest BCUT2D eigenvalue weighted by molar-refractivity contribution is -0.153. The van der Waals surface area contributed by atoms with Gasteiger partial charge < -0.3 is 23.8 Å². The van der Waals surface area contributed by atoms with Gasteiger partial charge in [0.15, 0.2) is 11.5 Å². The maximum atomic E-state index is 12.6. The van der Waals surface area contributed by atoms with Gasteiger partial charge >= 0.3 is 5.97 Å². The first-order valence-electron chi connectivity index (χ1n) is 9.87. The summed E-state index contributed by atoms with van der Waals surface area (Å²) >= 11 is 1.43. The molecule has 32 heavy (non-hydrogen) atoms. The second-order valence-corrected chi connectivity index (χ2v) is 7.88. The van der Waals surface area contributed by atoms with Crippen LogP contribution in [0.1, 0.15) is 12.6 Å². The molecule has 166 valence electrons. The van der Waals surface area contributed by atoms with Crippen molar-refractivity contribution in [3.05, 3.63) is 53.5 Å². The number of carbonyl (C=O) groups is 2. The summed E-state index contributed by atoms with van der Waals surface area (Å²) in [6, 6.07) is 12.7. The SMILES string of the molecule is COc1ccc(-c2nc(COC(=O)C3CN(C(C)=O)c4ccccc4O3)cs2)cc1OC. The fourth-order valence-corrected chi connectivity index (χ4v) is 4.17. The molecule has 1 amide bonds. The number of para-hydroxylation sites is 2. The van der Waals surface area contributed by atoms with Gasteiger partial charge in [-0.05, 0) is 30.3 Å². The average Bonchev–Trinajstić information content (AvgIpc) is 3.30. The third-order valence-corrected chi connectivity index (χ3v) is 5.90. The van der Waals surface area contributed by atoms with Crippen LogP contribution in [-0.4, -0.2) is 43.7 Å². The summed E-state index contributed by atoms with van der Waals surface area (Å²) in [6.45, 7) is 1.55. The molecule has 3 aromatic rings. The number of hydrogen-bond acceptors (Lipinski definition) is 8. The molecule has 0 aliphatic carbocycles. The van der Waals surface area contributed by atoms with Crippen molar-refractivity contribution in [3.8, 4) is 27.8 Å². The molecule has 9 heteroatoms. The fraction of sp³-hybridized carbons (Fsp3) is 0.261. The minimum absolute atomic E-state index is 0.00417. The zero-order chi connectivity index (χ0) is 22.7. The summed E-state index contributed by atoms with van der Waals surface area (Å²) in [5.41, 5.74) is 2.13. The van der Waals surface area contributed by atoms with E-state index < -0.39 is 12.1 Å². The molecule has 0 radical (unpaired) electrons. The highest BCUT2D eigenvalue weighted by molar-refractivity contribution is 7.13. The smallest absolute Gasteiger partial charge is 0.349 e. The molecule has 1 unspecified atom stereocenters. The number of anilines is 1. The fourth-order valence-electron chi connectivity index (χ4n) is 3.37. The summed E-state index contributed by atoms with van der Waals surface area (Å²) in [5, 5.41) is 2.60. The van der Waals surface area contributed by atoms with Crippen LogP contribution < -0.4 is 19.1 Å². The maximum absolute atomic E-state index is 12.6. The Morgan fingerprint density at radius 1 is 1.16 bits per heavy atom. The first-order chi connectivity index (χ1) is 15.5. The van der Waals surface area contributed by atoms with Crippen molar-refractivity contribution in [1.82, 2.24) is 4.98 Å². The van der Waals surface area contributed by atoms with Crippen LogP contribution in [0.4, 0.5) is 5.69 Å². The van der Waals surface area contributed by atoms with Gasteiger partial charge in [0.1, 0.15) is 17.4 Å². The number of fused-ring (bicyclic) bond motifs is 1. The van der Waals surface area contributed by atoms with Gasteiger partial charge in [0.2, 0.25) is 12.0 Å². The monoisotopic (exact) mass is 454 g/mol. The van der Waals surface area contributed by atoms with Gasteiger partial charge in [-0.15, -0.1) is 11.3 Å². The number of nitrogens with zero attached hydrogens (tertiary/aromatic N) is 2. The molecule has 4 rings (SSSR count). The van der Waals surface area contributed by atoms with E-state index in [-0.39, 0.29) is 19.1 Å². The third kappa shape index (κ3) is 4.38. The number of rotatable bonds is 6. The minimum Gasteiger partial charge on any atom is -0.493 e. The number of amides is 1. The maximum Gasteiger partial charge on any atom is 0.349 e. The van der Waals surface area contributed by atoms with E-state index in [1.165, 1.54) is 23.2 Å². The number of thiazole rings is 1. The Morgan fingerprint density at radius 3 is 2.69 bits per heavy atom. The van der Waals surface area contributed by atoms with Gasteiger partial charge in [0.05, 0.1) is 32.1 Å². The lowest BCUT2D eigenvalue weighted by atomic mass is 10.2. The highest BCUT2D eigenvalue weighted by Crippen LogP contribution is 2.35. The van der Waals surface area contributed by atoms with Crippen molar-refractivity contribution < 1.29 is 28.5 Å². The molecule has 2 aromatic carbocycles. The molecule has 2 heterocycles. The summed E-state index contributed by atoms with van der Waals surface area (Å²) in [5.74, 6) is 0.998. The zero-order valence-electron chi connectivity index (χ0n) is 17.9. The molecular formula is C23H22N2O6S. The molecule has 0 saturated carbocycles. The summed E-state index contributed by atoms with van der Waals surface area (Å²) < 4.78 is 21.8. The van der Waals surface area contributed by atoms with Crippen LogP contribution in [0, 0.1) is 0 Å². The highest BCUT2D eigenvalue weighted by Gasteiger charge is 2.33. The van der Waals surface area contributed by atoms with Gasteiger partial charge in [0.25, 0.3) is 0 Å². The molecule has 0 N–H and O–H groups in total. The third-order valence-electron chi connectivity index (χ3n) is 4.96. The molecule has 0 saturated heterocycles. The Bertz CT molecular complexity index is 1150. The molecule has 1 aliphatic heterocycles. The van der Waals surface area contributed by atoms with Crippen molar-refractivity contribution in [3.63, 3.8) is 0 Å².